The van der Waals surface area contributed by atoms with Gasteiger partial charge in [-0.2, -0.15) is 18.3 Å². The van der Waals surface area contributed by atoms with Crippen molar-refractivity contribution < 1.29 is 17.9 Å². The molecule has 0 radical (unpaired) electrons. The van der Waals surface area contributed by atoms with Crippen LogP contribution in [0.5, 0.6) is 0 Å². The third kappa shape index (κ3) is 4.62. The predicted molar refractivity (Wildman–Crippen MR) is 106 cm³/mol. The molecule has 1 aliphatic heterocycles. The van der Waals surface area contributed by atoms with Gasteiger partial charge in [0.1, 0.15) is 5.69 Å². The number of ether oxygens (including phenoxy) is 1. The molecule has 1 saturated heterocycles. The minimum atomic E-state index is -4.49. The molecule has 0 unspecified atom stereocenters. The summed E-state index contributed by atoms with van der Waals surface area (Å²) in [5.74, 6) is 0.623. The smallest absolute Gasteiger partial charge is 0.381 e. The Hall–Kier alpha value is -2.52. The second kappa shape index (κ2) is 8.69. The number of hydrogen-bond acceptors (Lipinski definition) is 5. The van der Waals surface area contributed by atoms with E-state index in [0.29, 0.717) is 22.7 Å². The minimum Gasteiger partial charge on any atom is -0.381 e. The van der Waals surface area contributed by atoms with Crippen molar-refractivity contribution >= 4 is 5.65 Å². The van der Waals surface area contributed by atoms with Crippen molar-refractivity contribution in [2.45, 2.75) is 32.5 Å². The van der Waals surface area contributed by atoms with E-state index in [1.54, 1.807) is 16.9 Å². The number of fused-ring (bicyclic) bond motifs is 1. The van der Waals surface area contributed by atoms with Crippen LogP contribution in [-0.4, -0.2) is 50.8 Å². The topological polar surface area (TPSA) is 55.5 Å². The van der Waals surface area contributed by atoms with Crippen LogP contribution in [0.1, 0.15) is 31.0 Å². The van der Waals surface area contributed by atoms with Gasteiger partial charge in [-0.1, -0.05) is 0 Å². The van der Waals surface area contributed by atoms with E-state index in [0.717, 1.165) is 63.5 Å². The molecule has 4 heterocycles. The molecule has 160 valence electrons. The largest absolute Gasteiger partial charge is 0.433 e. The van der Waals surface area contributed by atoms with E-state index in [1.807, 2.05) is 13.1 Å². The van der Waals surface area contributed by atoms with Gasteiger partial charge in [0.2, 0.25) is 0 Å². The Morgan fingerprint density at radius 2 is 1.97 bits per heavy atom. The van der Waals surface area contributed by atoms with E-state index >= 15 is 0 Å². The molecule has 0 atom stereocenters. The Labute approximate surface area is 172 Å². The van der Waals surface area contributed by atoms with Gasteiger partial charge in [-0.25, -0.2) is 9.50 Å². The maximum atomic E-state index is 13.0. The van der Waals surface area contributed by atoms with E-state index in [4.69, 9.17) is 4.74 Å². The molecule has 0 amide bonds. The summed E-state index contributed by atoms with van der Waals surface area (Å²) < 4.78 is 46.1. The maximum Gasteiger partial charge on any atom is 0.433 e. The predicted octanol–water partition coefficient (Wildman–Crippen LogP) is 4.06. The van der Waals surface area contributed by atoms with Crippen molar-refractivity contribution in [2.75, 3.05) is 26.3 Å². The van der Waals surface area contributed by atoms with Crippen LogP contribution >= 0.6 is 0 Å². The molecule has 4 rings (SSSR count). The zero-order valence-electron chi connectivity index (χ0n) is 16.8. The van der Waals surface area contributed by atoms with Crippen molar-refractivity contribution in [2.24, 2.45) is 5.92 Å². The third-order valence-electron chi connectivity index (χ3n) is 5.44. The first-order chi connectivity index (χ1) is 14.4. The summed E-state index contributed by atoms with van der Waals surface area (Å²) in [4.78, 5) is 10.3. The molecule has 0 bridgehead atoms. The molecule has 0 N–H and O–H groups in total. The maximum absolute atomic E-state index is 13.0. The van der Waals surface area contributed by atoms with Gasteiger partial charge < -0.3 is 4.74 Å². The lowest BCUT2D eigenvalue weighted by molar-refractivity contribution is -0.141. The summed E-state index contributed by atoms with van der Waals surface area (Å²) in [5, 5.41) is 4.30. The van der Waals surface area contributed by atoms with Crippen LogP contribution in [0.15, 0.2) is 36.9 Å². The van der Waals surface area contributed by atoms with E-state index in [-0.39, 0.29) is 0 Å². The number of alkyl halides is 3. The van der Waals surface area contributed by atoms with Gasteiger partial charge in [0, 0.05) is 49.5 Å². The van der Waals surface area contributed by atoms with Crippen LogP contribution in [0.3, 0.4) is 0 Å². The number of halogens is 3. The molecule has 0 spiro atoms. The molecule has 0 aliphatic carbocycles. The lowest BCUT2D eigenvalue weighted by Gasteiger charge is -2.31. The van der Waals surface area contributed by atoms with E-state index in [1.165, 1.54) is 6.07 Å². The number of nitrogens with zero attached hydrogens (tertiary/aromatic N) is 5. The first-order valence-electron chi connectivity index (χ1n) is 10.1. The number of likely N-dealkylation sites (tertiary alicyclic amines) is 1. The van der Waals surface area contributed by atoms with Gasteiger partial charge in [-0.05, 0) is 56.5 Å². The zero-order valence-corrected chi connectivity index (χ0v) is 16.8. The Kier molecular flexibility index (Phi) is 6.01. The van der Waals surface area contributed by atoms with Crippen molar-refractivity contribution in [3.8, 4) is 11.1 Å². The second-order valence-electron chi connectivity index (χ2n) is 7.60. The van der Waals surface area contributed by atoms with Crippen LogP contribution in [0, 0.1) is 5.92 Å². The highest BCUT2D eigenvalue weighted by atomic mass is 19.4. The molecule has 0 aromatic carbocycles. The van der Waals surface area contributed by atoms with E-state index < -0.39 is 11.9 Å². The van der Waals surface area contributed by atoms with Crippen LogP contribution in [0.2, 0.25) is 0 Å². The summed E-state index contributed by atoms with van der Waals surface area (Å²) in [6, 6.07) is 2.56. The standard InChI is InChI=1S/C21H24F3N5O/c1-2-30-14-15-4-7-28(8-5-15)12-16-10-26-20-18(11-27-29(20)13-16)17-3-6-25-19(9-17)21(22,23)24/h3,6,9-11,13,15H,2,4-5,7-8,12,14H2,1H3. The highest BCUT2D eigenvalue weighted by Gasteiger charge is 2.32. The number of hydrogen-bond donors (Lipinski definition) is 0. The fourth-order valence-corrected chi connectivity index (χ4v) is 3.81. The van der Waals surface area contributed by atoms with Gasteiger partial charge in [-0.15, -0.1) is 0 Å². The molecule has 3 aromatic heterocycles. The Morgan fingerprint density at radius 1 is 1.17 bits per heavy atom. The van der Waals surface area contributed by atoms with Gasteiger partial charge in [-0.3, -0.25) is 9.88 Å². The van der Waals surface area contributed by atoms with E-state index in [2.05, 4.69) is 20.0 Å². The minimum absolute atomic E-state index is 0.393. The summed E-state index contributed by atoms with van der Waals surface area (Å²) >= 11 is 0. The van der Waals surface area contributed by atoms with Crippen LogP contribution in [-0.2, 0) is 17.5 Å². The van der Waals surface area contributed by atoms with Gasteiger partial charge >= 0.3 is 6.18 Å². The molecule has 0 saturated carbocycles. The first kappa shape index (κ1) is 20.7. The molecule has 6 nitrogen and oxygen atoms in total. The Bertz CT molecular complexity index is 996. The third-order valence-corrected chi connectivity index (χ3v) is 5.44. The highest BCUT2D eigenvalue weighted by molar-refractivity contribution is 5.76. The lowest BCUT2D eigenvalue weighted by atomic mass is 9.97. The van der Waals surface area contributed by atoms with E-state index in [9.17, 15) is 13.2 Å². The highest BCUT2D eigenvalue weighted by Crippen LogP contribution is 2.31. The fourth-order valence-electron chi connectivity index (χ4n) is 3.81. The van der Waals surface area contributed by atoms with Crippen molar-refractivity contribution in [1.82, 2.24) is 24.5 Å². The molecular formula is C21H24F3N5O. The van der Waals surface area contributed by atoms with Crippen LogP contribution in [0.4, 0.5) is 13.2 Å². The molecule has 1 aliphatic rings. The SMILES string of the molecule is CCOCC1CCN(Cc2cnc3c(-c4ccnc(C(F)(F)F)c4)cnn3c2)CC1. The Morgan fingerprint density at radius 3 is 2.70 bits per heavy atom. The normalized spacial score (nSPS) is 16.4. The first-order valence-corrected chi connectivity index (χ1v) is 10.1. The van der Waals surface area contributed by atoms with Crippen LogP contribution < -0.4 is 0 Å². The number of piperidine rings is 1. The molecule has 3 aromatic rings. The number of rotatable bonds is 6. The van der Waals surface area contributed by atoms with Gasteiger partial charge in [0.05, 0.1) is 6.20 Å². The molecular weight excluding hydrogens is 395 g/mol. The molecule has 9 heteroatoms. The average molecular weight is 419 g/mol. The summed E-state index contributed by atoms with van der Waals surface area (Å²) in [6.45, 7) is 6.40. The van der Waals surface area contributed by atoms with Crippen molar-refractivity contribution in [1.29, 1.82) is 0 Å². The van der Waals surface area contributed by atoms with Gasteiger partial charge in [0.15, 0.2) is 5.65 Å². The number of aromatic nitrogens is 4. The quantitative estimate of drug-likeness (QED) is 0.603. The Balaban J connectivity index is 1.47. The van der Waals surface area contributed by atoms with Crippen molar-refractivity contribution in [3.63, 3.8) is 0 Å². The average Bonchev–Trinajstić information content (AvgIpc) is 3.16. The second-order valence-corrected chi connectivity index (χ2v) is 7.60. The zero-order chi connectivity index (χ0) is 21.1. The van der Waals surface area contributed by atoms with Crippen molar-refractivity contribution in [3.05, 3.63) is 48.2 Å². The monoisotopic (exact) mass is 419 g/mol. The van der Waals surface area contributed by atoms with Gasteiger partial charge in [0.25, 0.3) is 0 Å². The summed E-state index contributed by atoms with van der Waals surface area (Å²) in [6.07, 6.45) is 4.11. The number of pyridine rings is 1. The summed E-state index contributed by atoms with van der Waals surface area (Å²) in [5.41, 5.74) is 1.55. The molecule has 1 fully saturated rings. The van der Waals surface area contributed by atoms with Crippen LogP contribution in [0.25, 0.3) is 16.8 Å². The fraction of sp³-hybridized carbons (Fsp3) is 0.476. The lowest BCUT2D eigenvalue weighted by Crippen LogP contribution is -2.34. The molecule has 30 heavy (non-hydrogen) atoms. The summed E-state index contributed by atoms with van der Waals surface area (Å²) in [7, 11) is 0.